The molecular formula is C13H20N2OS2. The van der Waals surface area contributed by atoms with Crippen LogP contribution in [0.1, 0.15) is 32.0 Å². The Morgan fingerprint density at radius 3 is 3.00 bits per heavy atom. The minimum Gasteiger partial charge on any atom is -0.321 e. The second-order valence-electron chi connectivity index (χ2n) is 4.71. The summed E-state index contributed by atoms with van der Waals surface area (Å²) in [5.41, 5.74) is 1.20. The largest absolute Gasteiger partial charge is 0.321 e. The zero-order valence-electron chi connectivity index (χ0n) is 11.1. The van der Waals surface area contributed by atoms with E-state index in [2.05, 4.69) is 35.3 Å². The minimum atomic E-state index is -0.0699. The molecule has 0 saturated carbocycles. The Bertz CT molecular complexity index is 394. The molecule has 1 aromatic rings. The third-order valence-electron chi connectivity index (χ3n) is 3.41. The highest BCUT2D eigenvalue weighted by Crippen LogP contribution is 2.27. The predicted molar refractivity (Wildman–Crippen MR) is 79.0 cm³/mol. The van der Waals surface area contributed by atoms with E-state index in [1.54, 1.807) is 11.3 Å². The summed E-state index contributed by atoms with van der Waals surface area (Å²) in [5, 5.41) is 8.15. The van der Waals surface area contributed by atoms with Gasteiger partial charge >= 0.3 is 0 Å². The van der Waals surface area contributed by atoms with Crippen LogP contribution < -0.4 is 5.32 Å². The third kappa shape index (κ3) is 2.90. The normalized spacial score (nSPS) is 25.7. The van der Waals surface area contributed by atoms with Gasteiger partial charge in [0.1, 0.15) is 6.17 Å². The number of nitrogens with zero attached hydrogens (tertiary/aromatic N) is 1. The molecule has 5 heteroatoms. The van der Waals surface area contributed by atoms with Crippen molar-refractivity contribution >= 4 is 29.0 Å². The molecule has 1 aliphatic rings. The fraction of sp³-hybridized carbons (Fsp3) is 0.615. The molecule has 3 unspecified atom stereocenters. The van der Waals surface area contributed by atoms with Gasteiger partial charge in [0, 0.05) is 11.8 Å². The maximum absolute atomic E-state index is 12.2. The second-order valence-corrected chi connectivity index (χ2v) is 6.77. The smallest absolute Gasteiger partial charge is 0.241 e. The highest BCUT2D eigenvalue weighted by Gasteiger charge is 2.36. The van der Waals surface area contributed by atoms with Crippen molar-refractivity contribution in [2.24, 2.45) is 0 Å². The lowest BCUT2D eigenvalue weighted by atomic mass is 10.2. The molecule has 1 N–H and O–H groups in total. The first-order chi connectivity index (χ1) is 8.63. The van der Waals surface area contributed by atoms with Crippen molar-refractivity contribution in [3.05, 3.63) is 22.4 Å². The van der Waals surface area contributed by atoms with Gasteiger partial charge in [-0.15, -0.1) is 0 Å². The van der Waals surface area contributed by atoms with Gasteiger partial charge in [0.25, 0.3) is 0 Å². The summed E-state index contributed by atoms with van der Waals surface area (Å²) in [7, 11) is 0. The molecule has 1 fully saturated rings. The van der Waals surface area contributed by atoms with E-state index in [-0.39, 0.29) is 18.1 Å². The van der Waals surface area contributed by atoms with Crippen molar-refractivity contribution in [2.75, 3.05) is 12.8 Å². The number of rotatable bonds is 5. The van der Waals surface area contributed by atoms with Crippen molar-refractivity contribution in [3.63, 3.8) is 0 Å². The Morgan fingerprint density at radius 1 is 1.61 bits per heavy atom. The number of amides is 1. The van der Waals surface area contributed by atoms with Crippen molar-refractivity contribution in [3.8, 4) is 0 Å². The van der Waals surface area contributed by atoms with E-state index in [1.807, 2.05) is 23.6 Å². The van der Waals surface area contributed by atoms with Crippen molar-refractivity contribution < 1.29 is 4.79 Å². The molecule has 3 nitrogen and oxygen atoms in total. The van der Waals surface area contributed by atoms with Crippen molar-refractivity contribution in [2.45, 2.75) is 37.7 Å². The quantitative estimate of drug-likeness (QED) is 0.902. The molecule has 2 heterocycles. The Balaban J connectivity index is 2.06. The van der Waals surface area contributed by atoms with Gasteiger partial charge in [0.2, 0.25) is 5.91 Å². The van der Waals surface area contributed by atoms with Gasteiger partial charge in [-0.1, -0.05) is 6.92 Å². The summed E-state index contributed by atoms with van der Waals surface area (Å²) in [5.74, 6) is 0.222. The van der Waals surface area contributed by atoms with E-state index in [0.29, 0.717) is 5.25 Å². The molecule has 0 bridgehead atoms. The molecule has 1 aliphatic heterocycles. The standard InChI is InChI=1S/C13H20N2OS2/c1-9(17-3)4-6-15-12(11-5-7-18-8-11)14-10(2)13(15)16/h5,7-10,12,14H,4,6H2,1-3H3. The average molecular weight is 284 g/mol. The fourth-order valence-electron chi connectivity index (χ4n) is 2.16. The number of carbonyl (C=O) groups is 1. The van der Waals surface area contributed by atoms with Crippen LogP contribution in [-0.4, -0.2) is 34.9 Å². The highest BCUT2D eigenvalue weighted by atomic mass is 32.2. The molecule has 3 atom stereocenters. The number of nitrogens with one attached hydrogen (secondary N) is 1. The molecule has 100 valence electrons. The van der Waals surface area contributed by atoms with Crippen molar-refractivity contribution in [1.82, 2.24) is 10.2 Å². The Kier molecular flexibility index (Phi) is 4.70. The Labute approximate surface area is 117 Å². The molecule has 2 rings (SSSR count). The lowest BCUT2D eigenvalue weighted by Gasteiger charge is -2.24. The summed E-state index contributed by atoms with van der Waals surface area (Å²) in [6.07, 6.45) is 3.23. The molecule has 1 aromatic heterocycles. The van der Waals surface area contributed by atoms with Crippen LogP contribution in [0, 0.1) is 0 Å². The second kappa shape index (κ2) is 6.08. The van der Waals surface area contributed by atoms with E-state index < -0.39 is 0 Å². The SMILES string of the molecule is CSC(C)CCN1C(=O)C(C)NC1c1ccsc1. The third-order valence-corrected chi connectivity index (χ3v) is 5.15. The summed E-state index contributed by atoms with van der Waals surface area (Å²) in [6.45, 7) is 4.99. The zero-order chi connectivity index (χ0) is 13.1. The van der Waals surface area contributed by atoms with Gasteiger partial charge < -0.3 is 4.90 Å². The van der Waals surface area contributed by atoms with Crippen LogP contribution in [-0.2, 0) is 4.79 Å². The van der Waals surface area contributed by atoms with Crippen LogP contribution in [0.5, 0.6) is 0 Å². The van der Waals surface area contributed by atoms with Gasteiger partial charge in [-0.2, -0.15) is 23.1 Å². The molecule has 0 aliphatic carbocycles. The number of hydrogen-bond donors (Lipinski definition) is 1. The maximum Gasteiger partial charge on any atom is 0.241 e. The van der Waals surface area contributed by atoms with Crippen LogP contribution in [0.3, 0.4) is 0 Å². The Morgan fingerprint density at radius 2 is 2.39 bits per heavy atom. The lowest BCUT2D eigenvalue weighted by Crippen LogP contribution is -2.32. The summed E-state index contributed by atoms with van der Waals surface area (Å²) in [4.78, 5) is 14.2. The molecular weight excluding hydrogens is 264 g/mol. The summed E-state index contributed by atoms with van der Waals surface area (Å²) in [6, 6.07) is 2.03. The van der Waals surface area contributed by atoms with Crippen molar-refractivity contribution in [1.29, 1.82) is 0 Å². The fourth-order valence-corrected chi connectivity index (χ4v) is 3.18. The van der Waals surface area contributed by atoms with E-state index in [9.17, 15) is 4.79 Å². The molecule has 0 aromatic carbocycles. The zero-order valence-corrected chi connectivity index (χ0v) is 12.7. The molecule has 1 amide bonds. The van der Waals surface area contributed by atoms with E-state index in [0.717, 1.165) is 13.0 Å². The molecule has 18 heavy (non-hydrogen) atoms. The van der Waals surface area contributed by atoms with Gasteiger partial charge in [0.15, 0.2) is 0 Å². The Hall–Kier alpha value is -0.520. The monoisotopic (exact) mass is 284 g/mol. The van der Waals surface area contributed by atoms with Gasteiger partial charge in [-0.05, 0) is 42.0 Å². The lowest BCUT2D eigenvalue weighted by molar-refractivity contribution is -0.129. The minimum absolute atomic E-state index is 0.0628. The predicted octanol–water partition coefficient (Wildman–Crippen LogP) is 2.71. The first kappa shape index (κ1) is 13.9. The average Bonchev–Trinajstić information content (AvgIpc) is 2.97. The highest BCUT2D eigenvalue weighted by molar-refractivity contribution is 7.99. The van der Waals surface area contributed by atoms with Crippen LogP contribution in [0.15, 0.2) is 16.8 Å². The van der Waals surface area contributed by atoms with Gasteiger partial charge in [0.05, 0.1) is 6.04 Å². The van der Waals surface area contributed by atoms with Crippen LogP contribution in [0.4, 0.5) is 0 Å². The maximum atomic E-state index is 12.2. The number of hydrogen-bond acceptors (Lipinski definition) is 4. The number of carbonyl (C=O) groups excluding carboxylic acids is 1. The number of thioether (sulfide) groups is 1. The van der Waals surface area contributed by atoms with Crippen LogP contribution in [0.2, 0.25) is 0 Å². The van der Waals surface area contributed by atoms with Crippen LogP contribution in [0.25, 0.3) is 0 Å². The summed E-state index contributed by atoms with van der Waals surface area (Å²) < 4.78 is 0. The first-order valence-electron chi connectivity index (χ1n) is 6.25. The van der Waals surface area contributed by atoms with Gasteiger partial charge in [-0.25, -0.2) is 0 Å². The van der Waals surface area contributed by atoms with Crippen LogP contribution >= 0.6 is 23.1 Å². The molecule has 0 spiro atoms. The van der Waals surface area contributed by atoms with E-state index in [1.165, 1.54) is 5.56 Å². The number of thiophene rings is 1. The van der Waals surface area contributed by atoms with E-state index in [4.69, 9.17) is 0 Å². The summed E-state index contributed by atoms with van der Waals surface area (Å²) >= 11 is 3.53. The van der Waals surface area contributed by atoms with E-state index >= 15 is 0 Å². The molecule has 0 radical (unpaired) electrons. The van der Waals surface area contributed by atoms with Gasteiger partial charge in [-0.3, -0.25) is 10.1 Å². The first-order valence-corrected chi connectivity index (χ1v) is 8.48. The topological polar surface area (TPSA) is 32.3 Å². The molecule has 1 saturated heterocycles.